The van der Waals surface area contributed by atoms with E-state index in [1.807, 2.05) is 18.2 Å². The van der Waals surface area contributed by atoms with Crippen LogP contribution in [0.25, 0.3) is 0 Å². The van der Waals surface area contributed by atoms with Crippen LogP contribution < -0.4 is 5.43 Å². The first-order valence-electron chi connectivity index (χ1n) is 7.19. The number of carbonyl (C=O) groups is 1. The lowest BCUT2D eigenvalue weighted by Crippen LogP contribution is -2.45. The summed E-state index contributed by atoms with van der Waals surface area (Å²) in [4.78, 5) is 11.9. The fraction of sp³-hybridized carbons (Fsp3) is 0.438. The number of morpholine rings is 1. The van der Waals surface area contributed by atoms with Crippen LogP contribution in [-0.4, -0.2) is 37.1 Å². The third-order valence-electron chi connectivity index (χ3n) is 3.83. The summed E-state index contributed by atoms with van der Waals surface area (Å²) in [5.74, 6) is 0.498. The number of hydrogen-bond donors (Lipinski definition) is 1. The molecule has 0 bridgehead atoms. The van der Waals surface area contributed by atoms with E-state index in [0.29, 0.717) is 6.42 Å². The lowest BCUT2D eigenvalue weighted by atomic mass is 9.85. The number of nitrogens with zero attached hydrogens (tertiary/aromatic N) is 1. The van der Waals surface area contributed by atoms with Gasteiger partial charge < -0.3 is 10.2 Å². The normalized spacial score (nSPS) is 24.3. The van der Waals surface area contributed by atoms with Crippen molar-refractivity contribution in [2.24, 2.45) is 0 Å². The van der Waals surface area contributed by atoms with Crippen LogP contribution in [0.4, 0.5) is 0 Å². The number of ether oxygens (including phenoxy) is 1. The van der Waals surface area contributed by atoms with Crippen molar-refractivity contribution in [2.75, 3.05) is 26.3 Å². The molecule has 1 aliphatic heterocycles. The van der Waals surface area contributed by atoms with Crippen LogP contribution in [0.15, 0.2) is 42.1 Å². The molecule has 0 spiro atoms. The predicted molar refractivity (Wildman–Crippen MR) is 77.0 cm³/mol. The van der Waals surface area contributed by atoms with E-state index in [9.17, 15) is 4.79 Å². The number of carbonyl (C=O) groups excluding carboxylic acids is 1. The van der Waals surface area contributed by atoms with E-state index in [1.165, 1.54) is 5.56 Å². The standard InChI is InChI=1S/C16H20N2O2/c19-16-11-14(13-4-2-1-3-5-13)10-15(12-16)17-18-6-8-20-9-7-18/h1-5,12,14,17H,6-11H2/t14-/m0/s1. The zero-order valence-corrected chi connectivity index (χ0v) is 11.5. The fourth-order valence-corrected chi connectivity index (χ4v) is 2.81. The smallest absolute Gasteiger partial charge is 0.158 e. The number of nitrogens with one attached hydrogen (secondary N) is 1. The highest BCUT2D eigenvalue weighted by Gasteiger charge is 2.23. The van der Waals surface area contributed by atoms with Gasteiger partial charge in [0.25, 0.3) is 0 Å². The van der Waals surface area contributed by atoms with Crippen molar-refractivity contribution >= 4 is 5.78 Å². The van der Waals surface area contributed by atoms with Crippen LogP contribution in [0, 0.1) is 0 Å². The van der Waals surface area contributed by atoms with Gasteiger partial charge in [0.2, 0.25) is 0 Å². The molecule has 1 fully saturated rings. The summed E-state index contributed by atoms with van der Waals surface area (Å²) < 4.78 is 5.33. The largest absolute Gasteiger partial charge is 0.379 e. The van der Waals surface area contributed by atoms with Gasteiger partial charge in [-0.25, -0.2) is 5.01 Å². The van der Waals surface area contributed by atoms with E-state index >= 15 is 0 Å². The first-order chi connectivity index (χ1) is 9.81. The third kappa shape index (κ3) is 3.26. The van der Waals surface area contributed by atoms with Gasteiger partial charge in [-0.3, -0.25) is 4.79 Å². The summed E-state index contributed by atoms with van der Waals surface area (Å²) in [5.41, 5.74) is 5.65. The van der Waals surface area contributed by atoms with E-state index in [-0.39, 0.29) is 11.7 Å². The highest BCUT2D eigenvalue weighted by molar-refractivity contribution is 5.91. The molecule has 0 radical (unpaired) electrons. The van der Waals surface area contributed by atoms with Crippen molar-refractivity contribution in [3.63, 3.8) is 0 Å². The molecule has 20 heavy (non-hydrogen) atoms. The van der Waals surface area contributed by atoms with E-state index in [2.05, 4.69) is 22.6 Å². The lowest BCUT2D eigenvalue weighted by Gasteiger charge is -2.31. The second-order valence-electron chi connectivity index (χ2n) is 5.36. The van der Waals surface area contributed by atoms with Gasteiger partial charge in [0.1, 0.15) is 0 Å². The van der Waals surface area contributed by atoms with E-state index in [0.717, 1.165) is 38.4 Å². The van der Waals surface area contributed by atoms with E-state index in [1.54, 1.807) is 6.08 Å². The molecule has 0 amide bonds. The molecule has 1 N–H and O–H groups in total. The summed E-state index contributed by atoms with van der Waals surface area (Å²) in [6, 6.07) is 10.3. The maximum Gasteiger partial charge on any atom is 0.158 e. The van der Waals surface area contributed by atoms with E-state index in [4.69, 9.17) is 4.74 Å². The SMILES string of the molecule is O=C1C=C(NN2CCOCC2)C[C@H](c2ccccc2)C1. The van der Waals surface area contributed by atoms with Gasteiger partial charge in [0.05, 0.1) is 13.2 Å². The van der Waals surface area contributed by atoms with Crippen LogP contribution >= 0.6 is 0 Å². The molecule has 2 aliphatic rings. The van der Waals surface area contributed by atoms with Crippen LogP contribution in [0.3, 0.4) is 0 Å². The molecule has 1 aliphatic carbocycles. The summed E-state index contributed by atoms with van der Waals surface area (Å²) >= 11 is 0. The Labute approximate surface area is 119 Å². The maximum atomic E-state index is 11.9. The number of hydrogen-bond acceptors (Lipinski definition) is 4. The Morgan fingerprint density at radius 1 is 1.10 bits per heavy atom. The average molecular weight is 272 g/mol. The molecule has 1 aromatic carbocycles. The van der Waals surface area contributed by atoms with Crippen molar-refractivity contribution in [3.8, 4) is 0 Å². The third-order valence-corrected chi connectivity index (χ3v) is 3.83. The number of hydrazine groups is 1. The maximum absolute atomic E-state index is 11.9. The van der Waals surface area contributed by atoms with Crippen LogP contribution in [-0.2, 0) is 9.53 Å². The molecule has 106 valence electrons. The van der Waals surface area contributed by atoms with Gasteiger partial charge in [-0.15, -0.1) is 0 Å². The Hall–Kier alpha value is -1.65. The Balaban J connectivity index is 1.67. The van der Waals surface area contributed by atoms with Crippen LogP contribution in [0.2, 0.25) is 0 Å². The Morgan fingerprint density at radius 2 is 1.85 bits per heavy atom. The minimum absolute atomic E-state index is 0.209. The monoisotopic (exact) mass is 272 g/mol. The summed E-state index contributed by atoms with van der Waals surface area (Å²) in [5, 5.41) is 2.13. The molecule has 0 unspecified atom stereocenters. The molecule has 1 heterocycles. The van der Waals surface area contributed by atoms with E-state index < -0.39 is 0 Å². The number of allylic oxidation sites excluding steroid dienone is 2. The first-order valence-corrected chi connectivity index (χ1v) is 7.19. The minimum Gasteiger partial charge on any atom is -0.379 e. The highest BCUT2D eigenvalue weighted by atomic mass is 16.5. The lowest BCUT2D eigenvalue weighted by molar-refractivity contribution is -0.115. The molecule has 1 atom stereocenters. The molecular formula is C16H20N2O2. The Kier molecular flexibility index (Phi) is 4.14. The van der Waals surface area contributed by atoms with Crippen molar-refractivity contribution in [3.05, 3.63) is 47.7 Å². The molecule has 4 nitrogen and oxygen atoms in total. The predicted octanol–water partition coefficient (Wildman–Crippen LogP) is 1.85. The van der Waals surface area contributed by atoms with Crippen LogP contribution in [0.1, 0.15) is 24.3 Å². The molecule has 3 rings (SSSR count). The summed E-state index contributed by atoms with van der Waals surface area (Å²) in [6.45, 7) is 3.22. The van der Waals surface area contributed by atoms with Crippen molar-refractivity contribution in [1.29, 1.82) is 0 Å². The van der Waals surface area contributed by atoms with Gasteiger partial charge in [-0.05, 0) is 17.9 Å². The number of ketones is 1. The Bertz CT molecular complexity index is 492. The number of benzene rings is 1. The zero-order chi connectivity index (χ0) is 13.8. The van der Waals surface area contributed by atoms with Crippen LogP contribution in [0.5, 0.6) is 0 Å². The van der Waals surface area contributed by atoms with Gasteiger partial charge in [0.15, 0.2) is 5.78 Å². The molecular weight excluding hydrogens is 252 g/mol. The fourth-order valence-electron chi connectivity index (χ4n) is 2.81. The zero-order valence-electron chi connectivity index (χ0n) is 11.5. The van der Waals surface area contributed by atoms with Gasteiger partial charge in [-0.2, -0.15) is 0 Å². The van der Waals surface area contributed by atoms with Gasteiger partial charge >= 0.3 is 0 Å². The second kappa shape index (κ2) is 6.20. The first kappa shape index (κ1) is 13.3. The molecule has 4 heteroatoms. The second-order valence-corrected chi connectivity index (χ2v) is 5.36. The van der Waals surface area contributed by atoms with Gasteiger partial charge in [0, 0.05) is 31.3 Å². The topological polar surface area (TPSA) is 41.6 Å². The highest BCUT2D eigenvalue weighted by Crippen LogP contribution is 2.30. The van der Waals surface area contributed by atoms with Crippen molar-refractivity contribution < 1.29 is 9.53 Å². The quantitative estimate of drug-likeness (QED) is 0.912. The molecule has 0 saturated carbocycles. The van der Waals surface area contributed by atoms with Crippen molar-refractivity contribution in [1.82, 2.24) is 10.4 Å². The van der Waals surface area contributed by atoms with Crippen molar-refractivity contribution in [2.45, 2.75) is 18.8 Å². The molecule has 1 saturated heterocycles. The minimum atomic E-state index is 0.209. The summed E-state index contributed by atoms with van der Waals surface area (Å²) in [6.07, 6.45) is 3.26. The Morgan fingerprint density at radius 3 is 2.60 bits per heavy atom. The number of rotatable bonds is 3. The molecule has 1 aromatic rings. The summed E-state index contributed by atoms with van der Waals surface area (Å²) in [7, 11) is 0. The van der Waals surface area contributed by atoms with Gasteiger partial charge in [-0.1, -0.05) is 30.3 Å². The molecule has 0 aromatic heterocycles. The average Bonchev–Trinajstić information content (AvgIpc) is 2.49.